The predicted molar refractivity (Wildman–Crippen MR) is 131 cm³/mol. The second-order valence-electron chi connectivity index (χ2n) is 7.84. The molecule has 2 atom stereocenters. The molecule has 4 N–H and O–H groups in total. The lowest BCUT2D eigenvalue weighted by atomic mass is 10.1. The molecule has 1 saturated heterocycles. The fourth-order valence-electron chi connectivity index (χ4n) is 3.42. The SMILES string of the molecule is CCCCCCN1C(=NC(=O)c2ccc(C(=N)N)cc2)SC(C(=O)NCCC(=O)OC)C1C. The minimum Gasteiger partial charge on any atom is -0.469 e. The molecule has 0 aromatic heterocycles. The summed E-state index contributed by atoms with van der Waals surface area (Å²) in [5.74, 6) is -1.06. The van der Waals surface area contributed by atoms with Crippen LogP contribution in [0, 0.1) is 5.41 Å². The highest BCUT2D eigenvalue weighted by molar-refractivity contribution is 8.15. The van der Waals surface area contributed by atoms with Crippen molar-refractivity contribution in [2.45, 2.75) is 57.2 Å². The number of methoxy groups -OCH3 is 1. The van der Waals surface area contributed by atoms with Crippen LogP contribution in [-0.2, 0) is 14.3 Å². The molecule has 0 bridgehead atoms. The van der Waals surface area contributed by atoms with Crippen molar-refractivity contribution in [1.82, 2.24) is 10.2 Å². The number of nitrogens with zero attached hydrogens (tertiary/aromatic N) is 2. The molecule has 1 aliphatic heterocycles. The molecule has 0 spiro atoms. The maximum atomic E-state index is 12.8. The number of esters is 1. The average molecular weight is 476 g/mol. The zero-order valence-electron chi connectivity index (χ0n) is 19.4. The number of benzene rings is 1. The van der Waals surface area contributed by atoms with Gasteiger partial charge in [-0.2, -0.15) is 4.99 Å². The van der Waals surface area contributed by atoms with Gasteiger partial charge in [0.15, 0.2) is 5.17 Å². The van der Waals surface area contributed by atoms with Crippen molar-refractivity contribution in [2.75, 3.05) is 20.2 Å². The van der Waals surface area contributed by atoms with Crippen molar-refractivity contribution >= 4 is 40.5 Å². The van der Waals surface area contributed by atoms with Gasteiger partial charge in [-0.15, -0.1) is 0 Å². The van der Waals surface area contributed by atoms with Gasteiger partial charge >= 0.3 is 5.97 Å². The Balaban J connectivity index is 2.15. The first-order valence-corrected chi connectivity index (χ1v) is 12.0. The summed E-state index contributed by atoms with van der Waals surface area (Å²) < 4.78 is 4.60. The third-order valence-electron chi connectivity index (χ3n) is 5.41. The molecule has 2 rings (SSSR count). The minimum atomic E-state index is -0.444. The fourth-order valence-corrected chi connectivity index (χ4v) is 4.71. The van der Waals surface area contributed by atoms with Crippen molar-refractivity contribution in [3.63, 3.8) is 0 Å². The van der Waals surface area contributed by atoms with Crippen LogP contribution in [0.15, 0.2) is 29.3 Å². The summed E-state index contributed by atoms with van der Waals surface area (Å²) in [5.41, 5.74) is 6.39. The second-order valence-corrected chi connectivity index (χ2v) is 8.95. The molecular formula is C23H33N5O4S. The van der Waals surface area contributed by atoms with Crippen LogP contribution in [0.5, 0.6) is 0 Å². The Morgan fingerprint density at radius 1 is 1.18 bits per heavy atom. The summed E-state index contributed by atoms with van der Waals surface area (Å²) in [7, 11) is 1.31. The number of carbonyl (C=O) groups is 3. The van der Waals surface area contributed by atoms with E-state index in [9.17, 15) is 14.4 Å². The predicted octanol–water partition coefficient (Wildman–Crippen LogP) is 2.53. The molecule has 0 radical (unpaired) electrons. The molecule has 1 aromatic rings. The van der Waals surface area contributed by atoms with Crippen LogP contribution in [0.1, 0.15) is 61.9 Å². The van der Waals surface area contributed by atoms with Gasteiger partial charge in [0.1, 0.15) is 11.1 Å². The first-order chi connectivity index (χ1) is 15.8. The smallest absolute Gasteiger partial charge is 0.307 e. The topological polar surface area (TPSA) is 138 Å². The van der Waals surface area contributed by atoms with E-state index in [1.54, 1.807) is 24.3 Å². The summed E-state index contributed by atoms with van der Waals surface area (Å²) in [5, 5.41) is 10.3. The number of nitrogens with one attached hydrogen (secondary N) is 2. The highest BCUT2D eigenvalue weighted by atomic mass is 32.2. The molecule has 1 aromatic carbocycles. The molecule has 2 amide bonds. The lowest BCUT2D eigenvalue weighted by Gasteiger charge is -2.25. The van der Waals surface area contributed by atoms with Crippen LogP contribution in [0.2, 0.25) is 0 Å². The molecule has 0 saturated carbocycles. The van der Waals surface area contributed by atoms with Crippen molar-refractivity contribution < 1.29 is 19.1 Å². The number of amidine groups is 2. The standard InChI is InChI=1S/C23H33N5O4S/c1-4-5-6-7-14-28-15(2)19(22(31)26-13-12-18(29)32-3)33-23(28)27-21(30)17-10-8-16(9-11-17)20(24)25/h8-11,15,19H,4-7,12-14H2,1-3H3,(H3,24,25)(H,26,31). The lowest BCUT2D eigenvalue weighted by Crippen LogP contribution is -2.43. The number of unbranched alkanes of at least 4 members (excludes halogenated alkanes) is 3. The number of thioether (sulfide) groups is 1. The van der Waals surface area contributed by atoms with E-state index >= 15 is 0 Å². The maximum Gasteiger partial charge on any atom is 0.307 e. The Morgan fingerprint density at radius 3 is 2.45 bits per heavy atom. The molecule has 1 heterocycles. The molecule has 0 aliphatic carbocycles. The number of nitrogens with two attached hydrogens (primary N) is 1. The first kappa shape index (κ1) is 26.4. The summed E-state index contributed by atoms with van der Waals surface area (Å²) >= 11 is 1.27. The number of amides is 2. The molecule has 33 heavy (non-hydrogen) atoms. The normalized spacial score (nSPS) is 18.9. The number of aliphatic imine (C=N–C) groups is 1. The van der Waals surface area contributed by atoms with Crippen molar-refractivity contribution in [3.8, 4) is 0 Å². The quantitative estimate of drug-likeness (QED) is 0.193. The summed E-state index contributed by atoms with van der Waals surface area (Å²) in [6.45, 7) is 4.99. The van der Waals surface area contributed by atoms with Gasteiger partial charge in [-0.3, -0.25) is 19.8 Å². The lowest BCUT2D eigenvalue weighted by molar-refractivity contribution is -0.140. The second kappa shape index (κ2) is 13.0. The van der Waals surface area contributed by atoms with E-state index in [0.29, 0.717) is 22.8 Å². The minimum absolute atomic E-state index is 0.0696. The van der Waals surface area contributed by atoms with Gasteiger partial charge in [-0.05, 0) is 25.5 Å². The van der Waals surface area contributed by atoms with Gasteiger partial charge in [-0.25, -0.2) is 0 Å². The molecule has 1 fully saturated rings. The van der Waals surface area contributed by atoms with Crippen LogP contribution in [0.4, 0.5) is 0 Å². The van der Waals surface area contributed by atoms with Gasteiger partial charge in [-0.1, -0.05) is 50.1 Å². The van der Waals surface area contributed by atoms with E-state index in [2.05, 4.69) is 22.0 Å². The van der Waals surface area contributed by atoms with Crippen molar-refractivity contribution in [1.29, 1.82) is 5.41 Å². The third kappa shape index (κ3) is 7.59. The van der Waals surface area contributed by atoms with Gasteiger partial charge < -0.3 is 20.7 Å². The van der Waals surface area contributed by atoms with E-state index in [1.807, 2.05) is 11.8 Å². The maximum absolute atomic E-state index is 12.8. The van der Waals surface area contributed by atoms with Crippen LogP contribution in [0.3, 0.4) is 0 Å². The molecule has 2 unspecified atom stereocenters. The first-order valence-electron chi connectivity index (χ1n) is 11.1. The van der Waals surface area contributed by atoms with Gasteiger partial charge in [0.05, 0.1) is 13.5 Å². The molecule has 10 heteroatoms. The third-order valence-corrected chi connectivity index (χ3v) is 6.81. The van der Waals surface area contributed by atoms with Gasteiger partial charge in [0, 0.05) is 30.3 Å². The number of hydrogen-bond acceptors (Lipinski definition) is 6. The van der Waals surface area contributed by atoms with E-state index in [-0.39, 0.29) is 36.7 Å². The number of ether oxygens (including phenoxy) is 1. The van der Waals surface area contributed by atoms with E-state index in [1.165, 1.54) is 18.9 Å². The summed E-state index contributed by atoms with van der Waals surface area (Å²) in [6.07, 6.45) is 4.35. The average Bonchev–Trinajstić information content (AvgIpc) is 3.11. The number of nitrogen functional groups attached to an aromatic ring is 1. The summed E-state index contributed by atoms with van der Waals surface area (Å²) in [6, 6.07) is 6.26. The Morgan fingerprint density at radius 2 is 1.85 bits per heavy atom. The fraction of sp³-hybridized carbons (Fsp3) is 0.522. The Labute approximate surface area is 199 Å². The summed E-state index contributed by atoms with van der Waals surface area (Å²) in [4.78, 5) is 43.2. The van der Waals surface area contributed by atoms with E-state index in [0.717, 1.165) is 25.7 Å². The number of rotatable bonds is 11. The Kier molecular flexibility index (Phi) is 10.4. The van der Waals surface area contributed by atoms with E-state index in [4.69, 9.17) is 11.1 Å². The van der Waals surface area contributed by atoms with Gasteiger partial charge in [0.2, 0.25) is 5.91 Å². The molecule has 9 nitrogen and oxygen atoms in total. The highest BCUT2D eigenvalue weighted by Crippen LogP contribution is 2.32. The molecule has 180 valence electrons. The van der Waals surface area contributed by atoms with Gasteiger partial charge in [0.25, 0.3) is 5.91 Å². The van der Waals surface area contributed by atoms with Crippen molar-refractivity contribution in [2.24, 2.45) is 10.7 Å². The van der Waals surface area contributed by atoms with Crippen LogP contribution >= 0.6 is 11.8 Å². The monoisotopic (exact) mass is 475 g/mol. The largest absolute Gasteiger partial charge is 0.469 e. The zero-order chi connectivity index (χ0) is 24.4. The van der Waals surface area contributed by atoms with Crippen LogP contribution in [-0.4, -0.2) is 65.2 Å². The highest BCUT2D eigenvalue weighted by Gasteiger charge is 2.40. The Hall–Kier alpha value is -2.88. The molecular weight excluding hydrogens is 442 g/mol. The number of hydrogen-bond donors (Lipinski definition) is 3. The zero-order valence-corrected chi connectivity index (χ0v) is 20.2. The van der Waals surface area contributed by atoms with Crippen molar-refractivity contribution in [3.05, 3.63) is 35.4 Å². The number of carbonyl (C=O) groups excluding carboxylic acids is 3. The van der Waals surface area contributed by atoms with Crippen LogP contribution in [0.25, 0.3) is 0 Å². The van der Waals surface area contributed by atoms with E-state index < -0.39 is 11.2 Å². The van der Waals surface area contributed by atoms with Crippen LogP contribution < -0.4 is 11.1 Å². The molecule has 1 aliphatic rings. The Bertz CT molecular complexity index is 887.